The summed E-state index contributed by atoms with van der Waals surface area (Å²) in [6.07, 6.45) is 0. The lowest BCUT2D eigenvalue weighted by molar-refractivity contribution is -0.931. The molecule has 8 nitrogen and oxygen atoms in total. The van der Waals surface area contributed by atoms with Crippen LogP contribution < -0.4 is 106 Å². The summed E-state index contributed by atoms with van der Waals surface area (Å²) in [5.74, 6) is 0. The van der Waals surface area contributed by atoms with Gasteiger partial charge >= 0.3 is 0 Å². The van der Waals surface area contributed by atoms with Crippen molar-refractivity contribution in [2.75, 3.05) is 78.5 Å². The lowest BCUT2D eigenvalue weighted by Crippen LogP contribution is -3.15. The number of hydrogen-bond donors (Lipinski definition) is 7. The van der Waals surface area contributed by atoms with Gasteiger partial charge in [-0.1, -0.05) is 0 Å². The Labute approximate surface area is 224 Å². The molecule has 3 rings (SSSR count). The largest absolute Gasteiger partial charge is 1.00 e. The first-order chi connectivity index (χ1) is 12.4. The van der Waals surface area contributed by atoms with Gasteiger partial charge in [-0.15, -0.1) is 0 Å². The van der Waals surface area contributed by atoms with Crippen molar-refractivity contribution in [1.29, 1.82) is 0 Å². The predicted octanol–water partition coefficient (Wildman–Crippen LogP) is -26.5. The predicted molar refractivity (Wildman–Crippen MR) is 94.0 cm³/mol. The lowest BCUT2D eigenvalue weighted by atomic mass is 10.3. The quantitative estimate of drug-likeness (QED) is 0.193. The summed E-state index contributed by atoms with van der Waals surface area (Å²) in [6, 6.07) is 2.32. The van der Waals surface area contributed by atoms with Crippen molar-refractivity contribution in [2.45, 2.75) is 13.1 Å². The molecule has 1 aromatic rings. The third-order valence-corrected chi connectivity index (χ3v) is 5.51. The van der Waals surface area contributed by atoms with Gasteiger partial charge in [0.05, 0.1) is 5.69 Å². The maximum Gasteiger partial charge on any atom is 0.127 e. The third kappa shape index (κ3) is 16.1. The lowest BCUT2D eigenvalue weighted by Gasteiger charge is -2.16. The van der Waals surface area contributed by atoms with E-state index in [0.717, 1.165) is 13.1 Å². The van der Waals surface area contributed by atoms with E-state index < -0.39 is 0 Å². The number of aromatic nitrogens is 2. The molecule has 0 radical (unpaired) electrons. The standard InChI is InChI=1S/C17H34N8.6ClH/c1-2-19-6-10-24(9-5-18-1)14-16-13-17(23-22-16)15-25-11-7-20-3-4-21-8-12-25;;;;;;/h13,18-21H,1-12,14-15H2,(H,22,23);6*1H. The SMILES string of the molecule is [Cl-].[Cl-].[Cl-].[Cl-].[Cl-].[Cl-].c1c(C[NH+]2CC[NH2+]CC[NH2+]CC2)n[nH]c1C[NH+]1CC[NH2+]CC[NH2+]CC1. The Morgan fingerprint density at radius 3 is 1.42 bits per heavy atom. The molecule has 31 heavy (non-hydrogen) atoms. The fourth-order valence-corrected chi connectivity index (χ4v) is 3.99. The minimum atomic E-state index is 0. The van der Waals surface area contributed by atoms with Crippen molar-refractivity contribution >= 4 is 0 Å². The van der Waals surface area contributed by atoms with Crippen LogP contribution in [0.15, 0.2) is 6.07 Å². The van der Waals surface area contributed by atoms with Crippen molar-refractivity contribution in [3.8, 4) is 0 Å². The number of nitrogens with one attached hydrogen (secondary N) is 3. The minimum Gasteiger partial charge on any atom is -1.00 e. The van der Waals surface area contributed by atoms with Gasteiger partial charge in [-0.25, -0.2) is 0 Å². The fraction of sp³-hybridized carbons (Fsp3) is 0.824. The van der Waals surface area contributed by atoms with Crippen LogP contribution in [0, 0.1) is 0 Å². The number of hydrogen-bond acceptors (Lipinski definition) is 1. The van der Waals surface area contributed by atoms with E-state index >= 15 is 0 Å². The third-order valence-electron chi connectivity index (χ3n) is 5.51. The molecular weight excluding hydrogens is 529 g/mol. The molecule has 0 aromatic carbocycles. The maximum absolute atomic E-state index is 4.62. The molecule has 2 saturated heterocycles. The highest BCUT2D eigenvalue weighted by molar-refractivity contribution is 5.06. The Kier molecular flexibility index (Phi) is 30.0. The zero-order valence-electron chi connectivity index (χ0n) is 18.0. The summed E-state index contributed by atoms with van der Waals surface area (Å²) < 4.78 is 0. The first-order valence-corrected chi connectivity index (χ1v) is 10.4. The monoisotopic (exact) mass is 566 g/mol. The first kappa shape index (κ1) is 38.9. The van der Waals surface area contributed by atoms with E-state index in [4.69, 9.17) is 0 Å². The molecule has 0 saturated carbocycles. The van der Waals surface area contributed by atoms with Crippen LogP contribution in [0.2, 0.25) is 0 Å². The molecule has 0 spiro atoms. The molecule has 0 atom stereocenters. The average Bonchev–Trinajstić information content (AvgIpc) is 3.12. The Morgan fingerprint density at radius 1 is 0.613 bits per heavy atom. The van der Waals surface area contributed by atoms with Gasteiger partial charge in [0.1, 0.15) is 97.3 Å². The van der Waals surface area contributed by atoms with Gasteiger partial charge in [-0.2, -0.15) is 5.10 Å². The number of nitrogens with zero attached hydrogens (tertiary/aromatic N) is 1. The Bertz CT molecular complexity index is 438. The molecule has 2 fully saturated rings. The van der Waals surface area contributed by atoms with Crippen molar-refractivity contribution in [1.82, 2.24) is 10.2 Å². The van der Waals surface area contributed by atoms with Crippen molar-refractivity contribution in [2.24, 2.45) is 0 Å². The summed E-state index contributed by atoms with van der Waals surface area (Å²) in [5.41, 5.74) is 2.55. The summed E-state index contributed by atoms with van der Waals surface area (Å²) in [7, 11) is 0. The Morgan fingerprint density at radius 2 is 1.00 bits per heavy atom. The fourth-order valence-electron chi connectivity index (χ4n) is 3.99. The van der Waals surface area contributed by atoms with E-state index in [1.165, 1.54) is 89.9 Å². The average molecular weight is 569 g/mol. The number of halogens is 6. The molecule has 14 heteroatoms. The zero-order chi connectivity index (χ0) is 17.2. The topological polar surface area (TPSA) is 104 Å². The molecule has 1 aromatic heterocycles. The van der Waals surface area contributed by atoms with Gasteiger partial charge in [0.15, 0.2) is 0 Å². The summed E-state index contributed by atoms with van der Waals surface area (Å²) >= 11 is 0. The zero-order valence-corrected chi connectivity index (χ0v) is 22.5. The van der Waals surface area contributed by atoms with E-state index in [2.05, 4.69) is 37.5 Å². The molecule has 0 bridgehead atoms. The van der Waals surface area contributed by atoms with Crippen LogP contribution in [0.1, 0.15) is 11.4 Å². The van der Waals surface area contributed by atoms with Crippen LogP contribution in [-0.4, -0.2) is 88.7 Å². The van der Waals surface area contributed by atoms with E-state index in [1.54, 1.807) is 9.80 Å². The van der Waals surface area contributed by atoms with E-state index in [-0.39, 0.29) is 74.4 Å². The molecule has 0 unspecified atom stereocenters. The Hall–Kier alpha value is 0.710. The van der Waals surface area contributed by atoms with Gasteiger partial charge < -0.3 is 106 Å². The van der Waals surface area contributed by atoms with Crippen molar-refractivity contribution in [3.05, 3.63) is 17.5 Å². The summed E-state index contributed by atoms with van der Waals surface area (Å²) in [5, 5.41) is 17.8. The summed E-state index contributed by atoms with van der Waals surface area (Å²) in [4.78, 5) is 3.36. The number of H-pyrrole nitrogens is 1. The normalized spacial score (nSPS) is 18.6. The van der Waals surface area contributed by atoms with Crippen molar-refractivity contribution in [3.63, 3.8) is 0 Å². The summed E-state index contributed by atoms with van der Waals surface area (Å²) in [6.45, 7) is 17.2. The van der Waals surface area contributed by atoms with Gasteiger partial charge in [0, 0.05) is 0 Å². The second-order valence-corrected chi connectivity index (χ2v) is 7.70. The van der Waals surface area contributed by atoms with Crippen molar-refractivity contribution < 1.29 is 106 Å². The van der Waals surface area contributed by atoms with E-state index in [9.17, 15) is 0 Å². The van der Waals surface area contributed by atoms with Crippen LogP contribution in [0.5, 0.6) is 0 Å². The molecule has 0 aliphatic carbocycles. The first-order valence-electron chi connectivity index (χ1n) is 10.4. The highest BCUT2D eigenvalue weighted by atomic mass is 35.5. The molecule has 190 valence electrons. The van der Waals surface area contributed by atoms with Crippen LogP contribution in [0.3, 0.4) is 0 Å². The number of rotatable bonds is 4. The molecule has 0 amide bonds. The number of aromatic amines is 1. The van der Waals surface area contributed by atoms with Crippen LogP contribution >= 0.6 is 0 Å². The van der Waals surface area contributed by atoms with Crippen LogP contribution in [-0.2, 0) is 13.1 Å². The molecule has 2 aliphatic rings. The number of quaternary nitrogens is 6. The van der Waals surface area contributed by atoms with Gasteiger partial charge in [-0.05, 0) is 6.07 Å². The highest BCUT2D eigenvalue weighted by Gasteiger charge is 2.18. The molecule has 2 aliphatic heterocycles. The number of nitrogens with two attached hydrogens (primary N) is 4. The maximum atomic E-state index is 4.62. The second kappa shape index (κ2) is 23.9. The van der Waals surface area contributed by atoms with E-state index in [0.29, 0.717) is 0 Å². The smallest absolute Gasteiger partial charge is 0.127 e. The van der Waals surface area contributed by atoms with Gasteiger partial charge in [0.25, 0.3) is 0 Å². The molecule has 3 heterocycles. The van der Waals surface area contributed by atoms with E-state index in [1.807, 2.05) is 0 Å². The van der Waals surface area contributed by atoms with Gasteiger partial charge in [-0.3, -0.25) is 5.10 Å². The minimum absolute atomic E-state index is 0. The molecule has 11 N–H and O–H groups in total. The van der Waals surface area contributed by atoms with Crippen LogP contribution in [0.4, 0.5) is 0 Å². The van der Waals surface area contributed by atoms with Gasteiger partial charge in [0.2, 0.25) is 0 Å². The second-order valence-electron chi connectivity index (χ2n) is 7.70. The Balaban J connectivity index is -0.000000607. The molecular formula is C17H40Cl6N8. The van der Waals surface area contributed by atoms with Crippen LogP contribution in [0.25, 0.3) is 0 Å². The highest BCUT2D eigenvalue weighted by Crippen LogP contribution is 1.96.